The Morgan fingerprint density at radius 3 is 2.85 bits per heavy atom. The molecule has 1 heterocycles. The highest BCUT2D eigenvalue weighted by Crippen LogP contribution is 2.34. The van der Waals surface area contributed by atoms with Crippen molar-refractivity contribution in [2.75, 3.05) is 6.54 Å². The Morgan fingerprint density at radius 2 is 2.10 bits per heavy atom. The van der Waals surface area contributed by atoms with Crippen molar-refractivity contribution in [1.29, 1.82) is 0 Å². The van der Waals surface area contributed by atoms with Crippen molar-refractivity contribution in [3.63, 3.8) is 0 Å². The molecular formula is C18H29NS. The normalized spacial score (nSPS) is 16.5. The van der Waals surface area contributed by atoms with E-state index in [1.165, 1.54) is 44.1 Å². The van der Waals surface area contributed by atoms with Crippen molar-refractivity contribution in [2.45, 2.75) is 71.3 Å². The van der Waals surface area contributed by atoms with Crippen LogP contribution in [0, 0.1) is 0 Å². The van der Waals surface area contributed by atoms with Gasteiger partial charge in [0.15, 0.2) is 0 Å². The molecule has 1 N–H and O–H groups in total. The molecule has 0 aliphatic heterocycles. The van der Waals surface area contributed by atoms with E-state index in [1.54, 1.807) is 15.3 Å². The van der Waals surface area contributed by atoms with Crippen molar-refractivity contribution < 1.29 is 0 Å². The molecule has 0 fully saturated rings. The largest absolute Gasteiger partial charge is 0.309 e. The van der Waals surface area contributed by atoms with Crippen molar-refractivity contribution in [3.8, 4) is 0 Å². The van der Waals surface area contributed by atoms with Crippen LogP contribution >= 0.6 is 11.3 Å². The Kier molecular flexibility index (Phi) is 6.31. The molecule has 20 heavy (non-hydrogen) atoms. The number of rotatable bonds is 7. The molecule has 2 heteroatoms. The van der Waals surface area contributed by atoms with Crippen molar-refractivity contribution in [3.05, 3.63) is 33.5 Å². The van der Waals surface area contributed by atoms with Gasteiger partial charge in [0.1, 0.15) is 0 Å². The van der Waals surface area contributed by atoms with Gasteiger partial charge in [-0.3, -0.25) is 0 Å². The van der Waals surface area contributed by atoms with Crippen LogP contribution in [0.1, 0.15) is 73.7 Å². The zero-order valence-corrected chi connectivity index (χ0v) is 14.0. The number of thiophene rings is 1. The van der Waals surface area contributed by atoms with Crippen molar-refractivity contribution in [1.82, 2.24) is 5.32 Å². The van der Waals surface area contributed by atoms with Gasteiger partial charge in [0.05, 0.1) is 0 Å². The molecule has 2 rings (SSSR count). The lowest BCUT2D eigenvalue weighted by molar-refractivity contribution is 0.530. The summed E-state index contributed by atoms with van der Waals surface area (Å²) in [6.45, 7) is 9.76. The fraction of sp³-hybridized carbons (Fsp3) is 0.667. The number of fused-ring (bicyclic) bond motifs is 1. The number of aryl methyl sites for hydroxylation is 2. The molecule has 1 nitrogen and oxygen atoms in total. The van der Waals surface area contributed by atoms with Gasteiger partial charge in [0.2, 0.25) is 0 Å². The quantitative estimate of drug-likeness (QED) is 0.523. The van der Waals surface area contributed by atoms with E-state index in [-0.39, 0.29) is 0 Å². The Labute approximate surface area is 128 Å². The maximum Gasteiger partial charge on any atom is 0.0452 e. The zero-order chi connectivity index (χ0) is 14.4. The summed E-state index contributed by atoms with van der Waals surface area (Å²) in [7, 11) is 0. The monoisotopic (exact) mass is 291 g/mol. The van der Waals surface area contributed by atoms with Crippen LogP contribution in [0.25, 0.3) is 0 Å². The predicted octanol–water partition coefficient (Wildman–Crippen LogP) is 5.41. The molecule has 0 bridgehead atoms. The summed E-state index contributed by atoms with van der Waals surface area (Å²) in [5, 5.41) is 3.73. The first-order valence-corrected chi connectivity index (χ1v) is 9.07. The van der Waals surface area contributed by atoms with E-state index >= 15 is 0 Å². The molecule has 1 aromatic heterocycles. The molecule has 1 atom stereocenters. The minimum atomic E-state index is 0.485. The SMILES string of the molecule is C=C(CC)CC(NCCC)c1cc2c(s1)CCCCC2. The number of hydrogen-bond acceptors (Lipinski definition) is 2. The fourth-order valence-electron chi connectivity index (χ4n) is 2.89. The van der Waals surface area contributed by atoms with E-state index in [1.807, 2.05) is 0 Å². The lowest BCUT2D eigenvalue weighted by Crippen LogP contribution is -2.21. The maximum atomic E-state index is 4.21. The lowest BCUT2D eigenvalue weighted by Gasteiger charge is -2.18. The summed E-state index contributed by atoms with van der Waals surface area (Å²) in [5.41, 5.74) is 3.00. The summed E-state index contributed by atoms with van der Waals surface area (Å²) in [5.74, 6) is 0. The van der Waals surface area contributed by atoms with Gasteiger partial charge >= 0.3 is 0 Å². The van der Waals surface area contributed by atoms with E-state index in [0.29, 0.717) is 6.04 Å². The Balaban J connectivity index is 2.12. The first kappa shape index (κ1) is 15.8. The summed E-state index contributed by atoms with van der Waals surface area (Å²) in [6.07, 6.45) is 10.1. The summed E-state index contributed by atoms with van der Waals surface area (Å²) < 4.78 is 0. The van der Waals surface area contributed by atoms with Gasteiger partial charge in [-0.25, -0.2) is 0 Å². The Hall–Kier alpha value is -0.600. The van der Waals surface area contributed by atoms with E-state index in [0.717, 1.165) is 19.4 Å². The Bertz CT molecular complexity index is 409. The topological polar surface area (TPSA) is 12.0 Å². The molecule has 1 unspecified atom stereocenters. The van der Waals surface area contributed by atoms with Crippen LogP contribution in [0.4, 0.5) is 0 Å². The smallest absolute Gasteiger partial charge is 0.0452 e. The summed E-state index contributed by atoms with van der Waals surface area (Å²) >= 11 is 2.06. The number of hydrogen-bond donors (Lipinski definition) is 1. The molecule has 1 aliphatic carbocycles. The second-order valence-electron chi connectivity index (χ2n) is 5.97. The molecule has 112 valence electrons. The van der Waals surface area contributed by atoms with Crippen LogP contribution in [0.2, 0.25) is 0 Å². The molecule has 0 saturated carbocycles. The highest BCUT2D eigenvalue weighted by molar-refractivity contribution is 7.12. The van der Waals surface area contributed by atoms with Crippen LogP contribution in [-0.2, 0) is 12.8 Å². The molecule has 0 radical (unpaired) electrons. The molecule has 0 saturated heterocycles. The number of nitrogens with one attached hydrogen (secondary N) is 1. The van der Waals surface area contributed by atoms with Crippen molar-refractivity contribution in [2.24, 2.45) is 0 Å². The third-order valence-electron chi connectivity index (χ3n) is 4.24. The van der Waals surface area contributed by atoms with Gasteiger partial charge in [0.25, 0.3) is 0 Å². The molecule has 1 aromatic rings. The second kappa shape index (κ2) is 7.99. The van der Waals surface area contributed by atoms with Crippen LogP contribution < -0.4 is 5.32 Å². The Morgan fingerprint density at radius 1 is 1.30 bits per heavy atom. The fourth-order valence-corrected chi connectivity index (χ4v) is 4.22. The second-order valence-corrected chi connectivity index (χ2v) is 7.14. The van der Waals surface area contributed by atoms with Gasteiger partial charge in [-0.1, -0.05) is 32.4 Å². The highest BCUT2D eigenvalue weighted by Gasteiger charge is 2.18. The van der Waals surface area contributed by atoms with E-state index in [2.05, 4.69) is 43.1 Å². The van der Waals surface area contributed by atoms with Gasteiger partial charge in [-0.05, 0) is 63.1 Å². The van der Waals surface area contributed by atoms with E-state index < -0.39 is 0 Å². The average molecular weight is 292 g/mol. The summed E-state index contributed by atoms with van der Waals surface area (Å²) in [6, 6.07) is 2.97. The van der Waals surface area contributed by atoms with Crippen molar-refractivity contribution >= 4 is 11.3 Å². The molecular weight excluding hydrogens is 262 g/mol. The minimum Gasteiger partial charge on any atom is -0.309 e. The third kappa shape index (κ3) is 4.20. The molecule has 0 aromatic carbocycles. The first-order chi connectivity index (χ1) is 9.74. The van der Waals surface area contributed by atoms with E-state index in [9.17, 15) is 0 Å². The van der Waals surface area contributed by atoms with Crippen LogP contribution in [0.3, 0.4) is 0 Å². The molecule has 1 aliphatic rings. The first-order valence-electron chi connectivity index (χ1n) is 8.26. The van der Waals surface area contributed by atoms with Gasteiger partial charge in [0, 0.05) is 15.8 Å². The van der Waals surface area contributed by atoms with E-state index in [4.69, 9.17) is 0 Å². The molecule has 0 amide bonds. The standard InChI is InChI=1S/C18H29NS/c1-4-11-19-16(12-14(3)5-2)18-13-15-9-7-6-8-10-17(15)20-18/h13,16,19H,3-12H2,1-2H3. The van der Waals surface area contributed by atoms with Gasteiger partial charge in [-0.15, -0.1) is 11.3 Å². The van der Waals surface area contributed by atoms with Crippen LogP contribution in [0.15, 0.2) is 18.2 Å². The molecule has 0 spiro atoms. The maximum absolute atomic E-state index is 4.21. The predicted molar refractivity (Wildman–Crippen MR) is 90.7 cm³/mol. The van der Waals surface area contributed by atoms with Crippen LogP contribution in [-0.4, -0.2) is 6.54 Å². The zero-order valence-electron chi connectivity index (χ0n) is 13.1. The average Bonchev–Trinajstić information content (AvgIpc) is 2.74. The van der Waals surface area contributed by atoms with Gasteiger partial charge in [-0.2, -0.15) is 0 Å². The third-order valence-corrected chi connectivity index (χ3v) is 5.59. The highest BCUT2D eigenvalue weighted by atomic mass is 32.1. The lowest BCUT2D eigenvalue weighted by atomic mass is 10.0. The minimum absolute atomic E-state index is 0.485. The van der Waals surface area contributed by atoms with Crippen LogP contribution in [0.5, 0.6) is 0 Å². The van der Waals surface area contributed by atoms with Gasteiger partial charge < -0.3 is 5.32 Å². The summed E-state index contributed by atoms with van der Waals surface area (Å²) in [4.78, 5) is 3.20.